The van der Waals surface area contributed by atoms with Crippen LogP contribution in [0.25, 0.3) is 0 Å². The zero-order valence-electron chi connectivity index (χ0n) is 9.81. The van der Waals surface area contributed by atoms with Crippen molar-refractivity contribution in [3.05, 3.63) is 40.1 Å². The van der Waals surface area contributed by atoms with E-state index in [0.717, 1.165) is 0 Å². The molecule has 0 saturated carbocycles. The first-order valence-electron chi connectivity index (χ1n) is 5.16. The van der Waals surface area contributed by atoms with Crippen LogP contribution in [0.4, 0.5) is 5.69 Å². The molecule has 0 bridgehead atoms. The number of benzene rings is 1. The zero-order valence-corrected chi connectivity index (χ0v) is 12.2. The Labute approximate surface area is 118 Å². The highest BCUT2D eigenvalue weighted by molar-refractivity contribution is 9.10. The Kier molecular flexibility index (Phi) is 3.59. The number of rotatable bonds is 3. The lowest BCUT2D eigenvalue weighted by Gasteiger charge is -2.09. The molecule has 19 heavy (non-hydrogen) atoms. The number of aromatic amines is 1. The lowest BCUT2D eigenvalue weighted by molar-refractivity contribution is 0.600. The molecule has 0 radical (unpaired) electrons. The molecule has 0 fully saturated rings. The van der Waals surface area contributed by atoms with Crippen LogP contribution in [0.2, 0.25) is 0 Å². The molecule has 0 atom stereocenters. The van der Waals surface area contributed by atoms with Crippen molar-refractivity contribution in [1.82, 2.24) is 10.2 Å². The number of anilines is 1. The number of halogens is 1. The third-order valence-electron chi connectivity index (χ3n) is 2.42. The fraction of sp³-hybridized carbons (Fsp3) is 0.0909. The molecule has 0 unspecified atom stereocenters. The Morgan fingerprint density at radius 2 is 2.21 bits per heavy atom. The normalized spacial score (nSPS) is 11.0. The van der Waals surface area contributed by atoms with Crippen LogP contribution >= 0.6 is 15.9 Å². The van der Waals surface area contributed by atoms with Gasteiger partial charge >= 0.3 is 0 Å². The van der Waals surface area contributed by atoms with Crippen LogP contribution in [-0.4, -0.2) is 18.6 Å². The van der Waals surface area contributed by atoms with Crippen molar-refractivity contribution in [2.45, 2.75) is 11.8 Å². The minimum atomic E-state index is -3.77. The van der Waals surface area contributed by atoms with E-state index in [1.807, 2.05) is 6.07 Å². The van der Waals surface area contributed by atoms with E-state index in [1.165, 1.54) is 18.3 Å². The summed E-state index contributed by atoms with van der Waals surface area (Å²) in [4.78, 5) is 0.0522. The van der Waals surface area contributed by atoms with Crippen molar-refractivity contribution >= 4 is 31.6 Å². The molecule has 2 N–H and O–H groups in total. The lowest BCUT2D eigenvalue weighted by atomic mass is 10.2. The van der Waals surface area contributed by atoms with Crippen molar-refractivity contribution in [2.75, 3.05) is 4.72 Å². The molecule has 0 aliphatic rings. The Hall–Kier alpha value is -1.85. The highest BCUT2D eigenvalue weighted by Crippen LogP contribution is 2.24. The number of H-pyrrole nitrogens is 1. The van der Waals surface area contributed by atoms with E-state index in [0.29, 0.717) is 10.2 Å². The second-order valence-corrected chi connectivity index (χ2v) is 6.33. The largest absolute Gasteiger partial charge is 0.281 e. The van der Waals surface area contributed by atoms with Crippen molar-refractivity contribution in [3.8, 4) is 6.07 Å². The predicted molar refractivity (Wildman–Crippen MR) is 73.0 cm³/mol. The minimum absolute atomic E-state index is 0.0522. The molecule has 2 rings (SSSR count). The standard InChI is InChI=1S/C11H9BrN4O2S/c1-7-11(6-14-15-7)19(17,18)16-10-4-9(12)3-2-8(10)5-13/h2-4,6,16H,1H3,(H,14,15). The van der Waals surface area contributed by atoms with Gasteiger partial charge in [-0.15, -0.1) is 0 Å². The van der Waals surface area contributed by atoms with Crippen LogP contribution < -0.4 is 4.72 Å². The van der Waals surface area contributed by atoms with Crippen LogP contribution in [0.3, 0.4) is 0 Å². The topological polar surface area (TPSA) is 98.6 Å². The van der Waals surface area contributed by atoms with E-state index in [-0.39, 0.29) is 16.1 Å². The summed E-state index contributed by atoms with van der Waals surface area (Å²) in [5.41, 5.74) is 0.895. The molecule has 98 valence electrons. The number of hydrogen-bond donors (Lipinski definition) is 2. The molecule has 6 nitrogen and oxygen atoms in total. The number of aromatic nitrogens is 2. The Morgan fingerprint density at radius 1 is 1.47 bits per heavy atom. The third-order valence-corrected chi connectivity index (χ3v) is 4.39. The van der Waals surface area contributed by atoms with Gasteiger partial charge in [0, 0.05) is 4.47 Å². The quantitative estimate of drug-likeness (QED) is 0.894. The SMILES string of the molecule is Cc1[nH]ncc1S(=O)(=O)Nc1cc(Br)ccc1C#N. The van der Waals surface area contributed by atoms with Crippen LogP contribution in [0.15, 0.2) is 33.8 Å². The summed E-state index contributed by atoms with van der Waals surface area (Å²) in [5.74, 6) is 0. The molecule has 0 aliphatic heterocycles. The first-order valence-corrected chi connectivity index (χ1v) is 7.44. The molecule has 2 aromatic rings. The van der Waals surface area contributed by atoms with E-state index in [1.54, 1.807) is 13.0 Å². The summed E-state index contributed by atoms with van der Waals surface area (Å²) in [6, 6.07) is 6.67. The number of nitrogens with zero attached hydrogens (tertiary/aromatic N) is 2. The number of nitriles is 1. The summed E-state index contributed by atoms with van der Waals surface area (Å²) < 4.78 is 27.4. The van der Waals surface area contributed by atoms with Crippen LogP contribution in [-0.2, 0) is 10.0 Å². The van der Waals surface area contributed by atoms with E-state index in [9.17, 15) is 8.42 Å². The molecule has 0 spiro atoms. The summed E-state index contributed by atoms with van der Waals surface area (Å²) >= 11 is 3.23. The van der Waals surface area contributed by atoms with Gasteiger partial charge in [0.2, 0.25) is 0 Å². The number of sulfonamides is 1. The summed E-state index contributed by atoms with van der Waals surface area (Å²) in [7, 11) is -3.77. The summed E-state index contributed by atoms with van der Waals surface area (Å²) in [6.07, 6.45) is 1.22. The van der Waals surface area contributed by atoms with Gasteiger partial charge in [-0.05, 0) is 25.1 Å². The smallest absolute Gasteiger partial charge is 0.265 e. The molecule has 1 heterocycles. The van der Waals surface area contributed by atoms with Gasteiger partial charge in [-0.3, -0.25) is 9.82 Å². The highest BCUT2D eigenvalue weighted by Gasteiger charge is 2.20. The molecular weight excluding hydrogens is 332 g/mol. The molecular formula is C11H9BrN4O2S. The maximum atomic E-state index is 12.2. The predicted octanol–water partition coefficient (Wildman–Crippen LogP) is 2.15. The molecule has 0 amide bonds. The second-order valence-electron chi connectivity index (χ2n) is 3.77. The molecule has 1 aromatic heterocycles. The van der Waals surface area contributed by atoms with E-state index >= 15 is 0 Å². The highest BCUT2D eigenvalue weighted by atomic mass is 79.9. The first-order chi connectivity index (χ1) is 8.94. The van der Waals surface area contributed by atoms with E-state index < -0.39 is 10.0 Å². The van der Waals surface area contributed by atoms with Gasteiger partial charge in [0.05, 0.1) is 23.1 Å². The Bertz CT molecular complexity index is 761. The van der Waals surface area contributed by atoms with Crippen molar-refractivity contribution < 1.29 is 8.42 Å². The average molecular weight is 341 g/mol. The van der Waals surface area contributed by atoms with Gasteiger partial charge in [0.15, 0.2) is 0 Å². The Morgan fingerprint density at radius 3 is 2.79 bits per heavy atom. The van der Waals surface area contributed by atoms with Gasteiger partial charge in [-0.25, -0.2) is 8.42 Å². The number of aryl methyl sites for hydroxylation is 1. The van der Waals surface area contributed by atoms with Gasteiger partial charge < -0.3 is 0 Å². The second kappa shape index (κ2) is 5.03. The monoisotopic (exact) mass is 340 g/mol. The zero-order chi connectivity index (χ0) is 14.0. The number of nitrogens with one attached hydrogen (secondary N) is 2. The fourth-order valence-electron chi connectivity index (χ4n) is 1.51. The molecule has 1 aromatic carbocycles. The third kappa shape index (κ3) is 2.77. The molecule has 0 aliphatic carbocycles. The lowest BCUT2D eigenvalue weighted by Crippen LogP contribution is -2.14. The van der Waals surface area contributed by atoms with Crippen LogP contribution in [0.5, 0.6) is 0 Å². The summed E-state index contributed by atoms with van der Waals surface area (Å²) in [5, 5.41) is 15.2. The average Bonchev–Trinajstić information content (AvgIpc) is 2.76. The summed E-state index contributed by atoms with van der Waals surface area (Å²) in [6.45, 7) is 1.60. The maximum Gasteiger partial charge on any atom is 0.265 e. The van der Waals surface area contributed by atoms with Crippen molar-refractivity contribution in [3.63, 3.8) is 0 Å². The van der Waals surface area contributed by atoms with Gasteiger partial charge in [0.1, 0.15) is 11.0 Å². The first kappa shape index (κ1) is 13.6. The van der Waals surface area contributed by atoms with Gasteiger partial charge in [0.25, 0.3) is 10.0 Å². The van der Waals surface area contributed by atoms with E-state index in [4.69, 9.17) is 5.26 Å². The molecule has 0 saturated heterocycles. The number of hydrogen-bond acceptors (Lipinski definition) is 4. The fourth-order valence-corrected chi connectivity index (χ4v) is 3.08. The Balaban J connectivity index is 2.45. The van der Waals surface area contributed by atoms with Gasteiger partial charge in [-0.2, -0.15) is 10.4 Å². The maximum absolute atomic E-state index is 12.2. The van der Waals surface area contributed by atoms with E-state index in [2.05, 4.69) is 30.8 Å². The van der Waals surface area contributed by atoms with Crippen molar-refractivity contribution in [1.29, 1.82) is 5.26 Å². The van der Waals surface area contributed by atoms with Gasteiger partial charge in [-0.1, -0.05) is 15.9 Å². The van der Waals surface area contributed by atoms with Crippen LogP contribution in [0, 0.1) is 18.3 Å². The minimum Gasteiger partial charge on any atom is -0.281 e. The van der Waals surface area contributed by atoms with Crippen LogP contribution in [0.1, 0.15) is 11.3 Å². The molecule has 8 heteroatoms. The van der Waals surface area contributed by atoms with Crippen molar-refractivity contribution in [2.24, 2.45) is 0 Å².